The molecule has 2 rings (SSSR count). The number of carbonyl (C=O) groups excluding carboxylic acids is 2. The number of thiophene rings is 1. The molecule has 2 N–H and O–H groups in total. The van der Waals surface area contributed by atoms with E-state index in [1.165, 1.54) is 17.6 Å². The minimum absolute atomic E-state index is 0.309. The van der Waals surface area contributed by atoms with Crippen LogP contribution in [0.15, 0.2) is 35.5 Å². The Morgan fingerprint density at radius 2 is 1.96 bits per heavy atom. The highest BCUT2D eigenvalue weighted by atomic mass is 32.1. The molecule has 1 heterocycles. The van der Waals surface area contributed by atoms with Crippen molar-refractivity contribution in [2.75, 3.05) is 13.7 Å². The number of oxime groups is 1. The zero-order valence-electron chi connectivity index (χ0n) is 14.9. The molecule has 0 radical (unpaired) electrons. The van der Waals surface area contributed by atoms with E-state index in [2.05, 4.69) is 16.0 Å². The van der Waals surface area contributed by atoms with E-state index in [1.807, 2.05) is 13.8 Å². The highest BCUT2D eigenvalue weighted by Gasteiger charge is 2.12. The molecule has 0 fully saturated rings. The zero-order valence-corrected chi connectivity index (χ0v) is 15.7. The van der Waals surface area contributed by atoms with Crippen molar-refractivity contribution in [2.24, 2.45) is 5.16 Å². The van der Waals surface area contributed by atoms with E-state index in [4.69, 9.17) is 9.57 Å². The summed E-state index contributed by atoms with van der Waals surface area (Å²) in [5.74, 6) is -0.118. The van der Waals surface area contributed by atoms with Crippen molar-refractivity contribution in [3.63, 3.8) is 0 Å². The molecule has 2 aromatic rings. The lowest BCUT2D eigenvalue weighted by Gasteiger charge is -2.05. The van der Waals surface area contributed by atoms with Crippen molar-refractivity contribution < 1.29 is 19.2 Å². The molecule has 0 aliphatic heterocycles. The van der Waals surface area contributed by atoms with Crippen molar-refractivity contribution in [1.82, 2.24) is 10.9 Å². The van der Waals surface area contributed by atoms with E-state index in [1.54, 1.807) is 37.4 Å². The Morgan fingerprint density at radius 3 is 2.58 bits per heavy atom. The van der Waals surface area contributed by atoms with Crippen LogP contribution >= 0.6 is 11.3 Å². The van der Waals surface area contributed by atoms with Crippen LogP contribution in [0.4, 0.5) is 0 Å². The maximum Gasteiger partial charge on any atom is 0.279 e. The van der Waals surface area contributed by atoms with Crippen LogP contribution in [0.3, 0.4) is 0 Å². The third-order valence-electron chi connectivity index (χ3n) is 3.47. The second kappa shape index (κ2) is 9.57. The summed E-state index contributed by atoms with van der Waals surface area (Å²) >= 11 is 1.41. The summed E-state index contributed by atoms with van der Waals surface area (Å²) in [4.78, 5) is 30.3. The van der Waals surface area contributed by atoms with Gasteiger partial charge in [0, 0.05) is 4.88 Å². The molecule has 138 valence electrons. The third kappa shape index (κ3) is 5.59. The number of nitrogens with zero attached hydrogens (tertiary/aromatic N) is 1. The number of rotatable bonds is 7. The molecule has 8 heteroatoms. The van der Waals surface area contributed by atoms with Gasteiger partial charge in [0.1, 0.15) is 5.75 Å². The number of hydrogen-bond acceptors (Lipinski definition) is 6. The van der Waals surface area contributed by atoms with E-state index in [0.29, 0.717) is 4.88 Å². The number of carbonyl (C=O) groups is 2. The summed E-state index contributed by atoms with van der Waals surface area (Å²) in [7, 11) is 1.59. The van der Waals surface area contributed by atoms with Crippen LogP contribution in [0, 0.1) is 6.92 Å². The monoisotopic (exact) mass is 375 g/mol. The number of aryl methyl sites for hydroxylation is 2. The van der Waals surface area contributed by atoms with Crippen LogP contribution in [0.25, 0.3) is 0 Å². The summed E-state index contributed by atoms with van der Waals surface area (Å²) < 4.78 is 5.06. The lowest BCUT2D eigenvalue weighted by atomic mass is 10.2. The number of methoxy groups -OCH3 is 1. The quantitative estimate of drug-likeness (QED) is 0.575. The molecule has 26 heavy (non-hydrogen) atoms. The predicted molar refractivity (Wildman–Crippen MR) is 101 cm³/mol. The van der Waals surface area contributed by atoms with Gasteiger partial charge in [-0.1, -0.05) is 12.1 Å². The molecule has 0 unspecified atom stereocenters. The van der Waals surface area contributed by atoms with E-state index >= 15 is 0 Å². The van der Waals surface area contributed by atoms with Crippen molar-refractivity contribution in [3.05, 3.63) is 51.2 Å². The van der Waals surface area contributed by atoms with Crippen LogP contribution in [0.1, 0.15) is 32.6 Å². The van der Waals surface area contributed by atoms with Gasteiger partial charge in [-0.05, 0) is 54.8 Å². The average molecular weight is 375 g/mol. The first-order valence-corrected chi connectivity index (χ1v) is 8.83. The summed E-state index contributed by atoms with van der Waals surface area (Å²) in [6, 6.07) is 9.00. The van der Waals surface area contributed by atoms with Crippen molar-refractivity contribution in [3.8, 4) is 5.75 Å². The standard InChI is InChI=1S/C18H21N3O4S/c1-4-15-12(2)9-16(26-15)18(23)21-20-17(22)11-25-19-10-13-5-7-14(24-3)8-6-13/h5-10H,4,11H2,1-3H3,(H,20,22)(H,21,23)/b19-10-. The van der Waals surface area contributed by atoms with Gasteiger partial charge in [0.25, 0.3) is 11.8 Å². The maximum absolute atomic E-state index is 12.0. The largest absolute Gasteiger partial charge is 0.497 e. The minimum Gasteiger partial charge on any atom is -0.497 e. The fourth-order valence-corrected chi connectivity index (χ4v) is 3.10. The van der Waals surface area contributed by atoms with Crippen LogP contribution < -0.4 is 15.6 Å². The van der Waals surface area contributed by atoms with E-state index in [0.717, 1.165) is 28.2 Å². The SMILES string of the molecule is CCc1sc(C(=O)NNC(=O)CO/N=C\c2ccc(OC)cc2)cc1C. The van der Waals surface area contributed by atoms with Gasteiger partial charge in [0.15, 0.2) is 6.61 Å². The van der Waals surface area contributed by atoms with Crippen molar-refractivity contribution in [2.45, 2.75) is 20.3 Å². The predicted octanol–water partition coefficient (Wildman–Crippen LogP) is 2.44. The number of hydrogen-bond donors (Lipinski definition) is 2. The van der Waals surface area contributed by atoms with Gasteiger partial charge in [-0.2, -0.15) is 0 Å². The van der Waals surface area contributed by atoms with E-state index in [9.17, 15) is 9.59 Å². The molecule has 0 saturated heterocycles. The van der Waals surface area contributed by atoms with Crippen LogP contribution in [0.5, 0.6) is 5.75 Å². The topological polar surface area (TPSA) is 89.0 Å². The first-order chi connectivity index (χ1) is 12.5. The Labute approximate surface area is 156 Å². The Bertz CT molecular complexity index is 784. The lowest BCUT2D eigenvalue weighted by Crippen LogP contribution is -2.42. The smallest absolute Gasteiger partial charge is 0.279 e. The highest BCUT2D eigenvalue weighted by molar-refractivity contribution is 7.14. The van der Waals surface area contributed by atoms with E-state index < -0.39 is 5.91 Å². The first-order valence-electron chi connectivity index (χ1n) is 8.01. The second-order valence-electron chi connectivity index (χ2n) is 5.35. The van der Waals surface area contributed by atoms with Crippen LogP contribution in [0.2, 0.25) is 0 Å². The van der Waals surface area contributed by atoms with Gasteiger partial charge in [-0.3, -0.25) is 20.4 Å². The van der Waals surface area contributed by atoms with Gasteiger partial charge in [0.2, 0.25) is 0 Å². The fourth-order valence-electron chi connectivity index (χ4n) is 2.09. The molecule has 0 bridgehead atoms. The van der Waals surface area contributed by atoms with Gasteiger partial charge in [-0.25, -0.2) is 0 Å². The molecule has 1 aromatic carbocycles. The Morgan fingerprint density at radius 1 is 1.23 bits per heavy atom. The Kier molecular flexibility index (Phi) is 7.16. The molecule has 1 aromatic heterocycles. The highest BCUT2D eigenvalue weighted by Crippen LogP contribution is 2.21. The van der Waals surface area contributed by atoms with Crippen molar-refractivity contribution >= 4 is 29.4 Å². The molecular formula is C18H21N3O4S. The molecular weight excluding hydrogens is 354 g/mol. The summed E-state index contributed by atoms with van der Waals surface area (Å²) in [5, 5.41) is 3.71. The number of hydrazine groups is 1. The number of nitrogens with one attached hydrogen (secondary N) is 2. The number of benzene rings is 1. The van der Waals surface area contributed by atoms with E-state index in [-0.39, 0.29) is 12.5 Å². The lowest BCUT2D eigenvalue weighted by molar-refractivity contribution is -0.126. The van der Waals surface area contributed by atoms with Gasteiger partial charge in [0.05, 0.1) is 18.2 Å². The van der Waals surface area contributed by atoms with Crippen LogP contribution in [-0.4, -0.2) is 31.7 Å². The van der Waals surface area contributed by atoms with Gasteiger partial charge < -0.3 is 9.57 Å². The van der Waals surface area contributed by atoms with Crippen LogP contribution in [-0.2, 0) is 16.1 Å². The minimum atomic E-state index is -0.505. The Balaban J connectivity index is 1.72. The second-order valence-corrected chi connectivity index (χ2v) is 6.49. The normalized spacial score (nSPS) is 10.6. The summed E-state index contributed by atoms with van der Waals surface area (Å²) in [6.45, 7) is 3.68. The maximum atomic E-state index is 12.0. The molecule has 0 saturated carbocycles. The summed E-state index contributed by atoms with van der Waals surface area (Å²) in [5.41, 5.74) is 6.53. The number of amides is 2. The molecule has 7 nitrogen and oxygen atoms in total. The fraction of sp³-hybridized carbons (Fsp3) is 0.278. The van der Waals surface area contributed by atoms with Gasteiger partial charge in [-0.15, -0.1) is 11.3 Å². The third-order valence-corrected chi connectivity index (χ3v) is 4.85. The number of ether oxygens (including phenoxy) is 1. The first kappa shape index (κ1) is 19.5. The van der Waals surface area contributed by atoms with Crippen molar-refractivity contribution in [1.29, 1.82) is 0 Å². The van der Waals surface area contributed by atoms with Gasteiger partial charge >= 0.3 is 0 Å². The zero-order chi connectivity index (χ0) is 18.9. The molecule has 0 aliphatic rings. The molecule has 2 amide bonds. The molecule has 0 aliphatic carbocycles. The molecule has 0 atom stereocenters. The summed E-state index contributed by atoms with van der Waals surface area (Å²) in [6.07, 6.45) is 2.35. The molecule has 0 spiro atoms. The Hall–Kier alpha value is -2.87. The average Bonchev–Trinajstić information content (AvgIpc) is 3.04.